The molecule has 0 heterocycles. The van der Waals surface area contributed by atoms with Gasteiger partial charge in [-0.2, -0.15) is 13.2 Å². The molecule has 0 aliphatic carbocycles. The molecule has 0 spiro atoms. The van der Waals surface area contributed by atoms with Crippen LogP contribution in [0.5, 0.6) is 0 Å². The highest BCUT2D eigenvalue weighted by Crippen LogP contribution is 2.36. The molecule has 0 aliphatic rings. The second-order valence-electron chi connectivity index (χ2n) is 4.28. The summed E-state index contributed by atoms with van der Waals surface area (Å²) in [7, 11) is 0. The molecule has 0 fully saturated rings. The lowest BCUT2D eigenvalue weighted by atomic mass is 10.1. The minimum atomic E-state index is -4.23. The van der Waals surface area contributed by atoms with E-state index in [0.717, 1.165) is 17.7 Å². The molecule has 0 amide bonds. The Bertz CT molecular complexity index is 423. The number of benzene rings is 1. The van der Waals surface area contributed by atoms with Crippen LogP contribution in [0, 0.1) is 0 Å². The summed E-state index contributed by atoms with van der Waals surface area (Å²) in [6, 6.07) is 6.66. The number of alkyl halides is 3. The molecule has 5 heteroatoms. The second-order valence-corrected chi connectivity index (χ2v) is 5.42. The largest absolute Gasteiger partial charge is 0.446 e. The van der Waals surface area contributed by atoms with Gasteiger partial charge in [-0.1, -0.05) is 30.7 Å². The number of likely N-dealkylation sites (N-methyl/N-ethyl adjacent to an activating group) is 1. The highest BCUT2D eigenvalue weighted by molar-refractivity contribution is 8.00. The first-order valence-corrected chi connectivity index (χ1v) is 6.91. The lowest BCUT2D eigenvalue weighted by Gasteiger charge is -2.13. The highest BCUT2D eigenvalue weighted by atomic mass is 32.2. The van der Waals surface area contributed by atoms with E-state index in [4.69, 9.17) is 0 Å². The standard InChI is InChI=1S/C14H18F3NS/c1-4-18-11(3)10(2)9-12-5-7-13(8-6-12)19-14(15,16)17/h5-9,11,18H,4H2,1-3H3/b10-9+. The molecule has 1 nitrogen and oxygen atoms in total. The van der Waals surface area contributed by atoms with Crippen LogP contribution >= 0.6 is 11.8 Å². The molecule has 0 saturated heterocycles. The van der Waals surface area contributed by atoms with Crippen LogP contribution in [0.4, 0.5) is 13.2 Å². The number of hydrogen-bond acceptors (Lipinski definition) is 2. The van der Waals surface area contributed by atoms with Gasteiger partial charge in [-0.3, -0.25) is 0 Å². The monoisotopic (exact) mass is 289 g/mol. The molecule has 0 saturated carbocycles. The predicted octanol–water partition coefficient (Wildman–Crippen LogP) is 4.70. The molecule has 1 aromatic carbocycles. The molecule has 1 atom stereocenters. The van der Waals surface area contributed by atoms with Gasteiger partial charge < -0.3 is 5.32 Å². The van der Waals surface area contributed by atoms with Crippen molar-refractivity contribution in [3.8, 4) is 0 Å². The van der Waals surface area contributed by atoms with E-state index in [1.165, 1.54) is 12.1 Å². The third-order valence-corrected chi connectivity index (χ3v) is 3.44. The van der Waals surface area contributed by atoms with Crippen molar-refractivity contribution in [3.63, 3.8) is 0 Å². The van der Waals surface area contributed by atoms with E-state index < -0.39 is 5.51 Å². The summed E-state index contributed by atoms with van der Waals surface area (Å²) < 4.78 is 36.6. The van der Waals surface area contributed by atoms with Crippen LogP contribution in [0.1, 0.15) is 26.3 Å². The van der Waals surface area contributed by atoms with Crippen LogP contribution < -0.4 is 5.32 Å². The van der Waals surface area contributed by atoms with Crippen molar-refractivity contribution < 1.29 is 13.2 Å². The second kappa shape index (κ2) is 7.01. The van der Waals surface area contributed by atoms with Gasteiger partial charge in [-0.15, -0.1) is 0 Å². The minimum absolute atomic E-state index is 0.0903. The molecule has 1 rings (SSSR count). The SMILES string of the molecule is CCNC(C)/C(C)=C/c1ccc(SC(F)(F)F)cc1. The zero-order valence-electron chi connectivity index (χ0n) is 11.2. The fourth-order valence-corrected chi connectivity index (χ4v) is 2.16. The number of nitrogens with one attached hydrogen (secondary N) is 1. The topological polar surface area (TPSA) is 12.0 Å². The molecule has 0 bridgehead atoms. The first kappa shape index (κ1) is 16.1. The number of thioether (sulfide) groups is 1. The Morgan fingerprint density at radius 3 is 2.37 bits per heavy atom. The van der Waals surface area contributed by atoms with E-state index >= 15 is 0 Å². The molecule has 1 N–H and O–H groups in total. The maximum absolute atomic E-state index is 12.2. The van der Waals surface area contributed by atoms with Crippen molar-refractivity contribution in [1.82, 2.24) is 5.32 Å². The fourth-order valence-electron chi connectivity index (χ4n) is 1.62. The first-order chi connectivity index (χ1) is 8.81. The summed E-state index contributed by atoms with van der Waals surface area (Å²) in [6.07, 6.45) is 1.98. The van der Waals surface area contributed by atoms with Crippen LogP contribution in [0.15, 0.2) is 34.7 Å². The molecule has 0 aliphatic heterocycles. The van der Waals surface area contributed by atoms with Crippen molar-refractivity contribution in [3.05, 3.63) is 35.4 Å². The number of hydrogen-bond donors (Lipinski definition) is 1. The minimum Gasteiger partial charge on any atom is -0.311 e. The molecule has 0 radical (unpaired) electrons. The Balaban J connectivity index is 2.74. The smallest absolute Gasteiger partial charge is 0.311 e. The van der Waals surface area contributed by atoms with E-state index in [2.05, 4.69) is 12.2 Å². The summed E-state index contributed by atoms with van der Waals surface area (Å²) >= 11 is -0.0903. The van der Waals surface area contributed by atoms with E-state index in [0.29, 0.717) is 0 Å². The third-order valence-electron chi connectivity index (χ3n) is 2.70. The zero-order valence-corrected chi connectivity index (χ0v) is 12.0. The summed E-state index contributed by atoms with van der Waals surface area (Å²) in [6.45, 7) is 6.98. The first-order valence-electron chi connectivity index (χ1n) is 6.09. The average molecular weight is 289 g/mol. The van der Waals surface area contributed by atoms with Crippen molar-refractivity contribution in [2.24, 2.45) is 0 Å². The number of halogens is 3. The average Bonchev–Trinajstić information content (AvgIpc) is 2.30. The van der Waals surface area contributed by atoms with Gasteiger partial charge in [0.2, 0.25) is 0 Å². The quantitative estimate of drug-likeness (QED) is 0.789. The Morgan fingerprint density at radius 2 is 1.89 bits per heavy atom. The molecule has 19 heavy (non-hydrogen) atoms. The van der Waals surface area contributed by atoms with Gasteiger partial charge in [0.25, 0.3) is 0 Å². The van der Waals surface area contributed by atoms with Crippen molar-refractivity contribution in [2.45, 2.75) is 37.2 Å². The summed E-state index contributed by atoms with van der Waals surface area (Å²) in [4.78, 5) is 0.210. The van der Waals surface area contributed by atoms with Crippen molar-refractivity contribution in [2.75, 3.05) is 6.54 Å². The molecular formula is C14H18F3NS. The summed E-state index contributed by atoms with van der Waals surface area (Å²) in [5.41, 5.74) is -2.17. The van der Waals surface area contributed by atoms with E-state index in [9.17, 15) is 13.2 Å². The van der Waals surface area contributed by atoms with Gasteiger partial charge >= 0.3 is 5.51 Å². The predicted molar refractivity (Wildman–Crippen MR) is 75.1 cm³/mol. The Kier molecular flexibility index (Phi) is 5.94. The van der Waals surface area contributed by atoms with Crippen LogP contribution in [0.3, 0.4) is 0 Å². The Morgan fingerprint density at radius 1 is 1.32 bits per heavy atom. The molecule has 106 valence electrons. The van der Waals surface area contributed by atoms with Gasteiger partial charge in [0.05, 0.1) is 0 Å². The maximum Gasteiger partial charge on any atom is 0.446 e. The normalized spacial score (nSPS) is 14.5. The van der Waals surface area contributed by atoms with E-state index in [1.807, 2.05) is 19.9 Å². The zero-order chi connectivity index (χ0) is 14.5. The third kappa shape index (κ3) is 6.16. The highest BCUT2D eigenvalue weighted by Gasteiger charge is 2.28. The fraction of sp³-hybridized carbons (Fsp3) is 0.429. The van der Waals surface area contributed by atoms with Gasteiger partial charge in [-0.05, 0) is 49.9 Å². The maximum atomic E-state index is 12.2. The molecule has 1 aromatic rings. The molecule has 1 unspecified atom stereocenters. The van der Waals surface area contributed by atoms with E-state index in [-0.39, 0.29) is 22.7 Å². The van der Waals surface area contributed by atoms with Gasteiger partial charge in [0, 0.05) is 10.9 Å². The summed E-state index contributed by atoms with van der Waals surface area (Å²) in [5, 5.41) is 3.29. The van der Waals surface area contributed by atoms with Crippen LogP contribution in [0.2, 0.25) is 0 Å². The molecule has 0 aromatic heterocycles. The lowest BCUT2D eigenvalue weighted by molar-refractivity contribution is -0.0328. The van der Waals surface area contributed by atoms with Crippen LogP contribution in [-0.2, 0) is 0 Å². The Labute approximate surface area is 116 Å². The van der Waals surface area contributed by atoms with Crippen LogP contribution in [-0.4, -0.2) is 18.1 Å². The van der Waals surface area contributed by atoms with Gasteiger partial charge in [0.1, 0.15) is 0 Å². The van der Waals surface area contributed by atoms with Crippen LogP contribution in [0.25, 0.3) is 6.08 Å². The van der Waals surface area contributed by atoms with Crippen molar-refractivity contribution >= 4 is 17.8 Å². The van der Waals surface area contributed by atoms with E-state index in [1.54, 1.807) is 12.1 Å². The lowest BCUT2D eigenvalue weighted by Crippen LogP contribution is -2.26. The van der Waals surface area contributed by atoms with Crippen molar-refractivity contribution in [1.29, 1.82) is 0 Å². The number of rotatable bonds is 5. The Hall–Kier alpha value is -0.940. The van der Waals surface area contributed by atoms with Gasteiger partial charge in [-0.25, -0.2) is 0 Å². The molecular weight excluding hydrogens is 271 g/mol. The summed E-state index contributed by atoms with van der Waals surface area (Å²) in [5.74, 6) is 0. The van der Waals surface area contributed by atoms with Gasteiger partial charge in [0.15, 0.2) is 0 Å².